The van der Waals surface area contributed by atoms with Crippen LogP contribution in [0, 0.1) is 12.3 Å². The van der Waals surface area contributed by atoms with Crippen LogP contribution in [0.5, 0.6) is 0 Å². The minimum Gasteiger partial charge on any atom is -0.370 e. The molecule has 2 N–H and O–H groups in total. The zero-order valence-electron chi connectivity index (χ0n) is 18.1. The van der Waals surface area contributed by atoms with Crippen LogP contribution in [0.3, 0.4) is 0 Å². The number of pyridine rings is 1. The van der Waals surface area contributed by atoms with Gasteiger partial charge in [-0.1, -0.05) is 33.8 Å². The highest BCUT2D eigenvalue weighted by Gasteiger charge is 2.34. The molecule has 0 saturated carbocycles. The Kier molecular flexibility index (Phi) is 4.77. The summed E-state index contributed by atoms with van der Waals surface area (Å²) in [5, 5.41) is 1.63. The highest BCUT2D eigenvalue weighted by atomic mass is 16.7. The molecule has 1 aromatic carbocycles. The van der Waals surface area contributed by atoms with E-state index in [9.17, 15) is 9.59 Å². The lowest BCUT2D eigenvalue weighted by atomic mass is 9.75. The van der Waals surface area contributed by atoms with Crippen molar-refractivity contribution in [1.29, 1.82) is 0 Å². The Bertz CT molecular complexity index is 1190. The molecule has 0 atom stereocenters. The lowest BCUT2D eigenvalue weighted by molar-refractivity contribution is 0.0505. The van der Waals surface area contributed by atoms with Crippen molar-refractivity contribution >= 4 is 22.5 Å². The van der Waals surface area contributed by atoms with Gasteiger partial charge in [0.15, 0.2) is 5.78 Å². The monoisotopic (exact) mass is 405 g/mol. The van der Waals surface area contributed by atoms with Crippen LogP contribution in [-0.4, -0.2) is 21.3 Å². The molecule has 0 fully saturated rings. The van der Waals surface area contributed by atoms with Crippen molar-refractivity contribution < 1.29 is 14.4 Å². The van der Waals surface area contributed by atoms with Gasteiger partial charge in [0, 0.05) is 46.5 Å². The second-order valence-electron chi connectivity index (χ2n) is 9.29. The molecule has 4 rings (SSSR count). The van der Waals surface area contributed by atoms with Crippen molar-refractivity contribution in [2.24, 2.45) is 11.3 Å². The lowest BCUT2D eigenvalue weighted by Crippen LogP contribution is -2.28. The van der Waals surface area contributed by atoms with E-state index in [4.69, 9.17) is 5.90 Å². The van der Waals surface area contributed by atoms with Crippen molar-refractivity contribution in [3.8, 4) is 5.69 Å². The minimum absolute atomic E-state index is 0.0906. The molecule has 0 bridgehead atoms. The molecular formula is C24H27N3O3. The van der Waals surface area contributed by atoms with E-state index in [0.29, 0.717) is 12.0 Å². The molecule has 0 saturated heterocycles. The number of nitrogens with two attached hydrogens (primary N) is 1. The third-order valence-corrected chi connectivity index (χ3v) is 5.91. The lowest BCUT2D eigenvalue weighted by Gasteiger charge is -2.30. The Morgan fingerprint density at radius 3 is 2.63 bits per heavy atom. The number of aromatic nitrogens is 2. The van der Waals surface area contributed by atoms with E-state index < -0.39 is 5.97 Å². The molecule has 2 heterocycles. The summed E-state index contributed by atoms with van der Waals surface area (Å²) in [4.78, 5) is 34.0. The summed E-state index contributed by atoms with van der Waals surface area (Å²) in [6.07, 6.45) is 4.90. The van der Waals surface area contributed by atoms with Crippen LogP contribution in [0.1, 0.15) is 77.7 Å². The van der Waals surface area contributed by atoms with Crippen molar-refractivity contribution in [2.75, 3.05) is 0 Å². The largest absolute Gasteiger partial charge is 0.370 e. The van der Waals surface area contributed by atoms with E-state index >= 15 is 0 Å². The molecule has 6 nitrogen and oxygen atoms in total. The fourth-order valence-electron chi connectivity index (χ4n) is 4.60. The van der Waals surface area contributed by atoms with Gasteiger partial charge in [0.2, 0.25) is 0 Å². The molecule has 0 unspecified atom stereocenters. The quantitative estimate of drug-likeness (QED) is 0.641. The van der Waals surface area contributed by atoms with Gasteiger partial charge in [0.05, 0.1) is 11.3 Å². The van der Waals surface area contributed by atoms with Crippen molar-refractivity contribution in [3.05, 3.63) is 58.7 Å². The van der Waals surface area contributed by atoms with Gasteiger partial charge in [-0.2, -0.15) is 5.90 Å². The maximum absolute atomic E-state index is 12.8. The molecule has 0 radical (unpaired) electrons. The van der Waals surface area contributed by atoms with E-state index in [0.717, 1.165) is 45.4 Å². The van der Waals surface area contributed by atoms with Crippen LogP contribution in [0.15, 0.2) is 30.6 Å². The summed E-state index contributed by atoms with van der Waals surface area (Å²) < 4.78 is 2.08. The summed E-state index contributed by atoms with van der Waals surface area (Å²) in [6, 6.07) is 5.96. The van der Waals surface area contributed by atoms with E-state index in [-0.39, 0.29) is 17.1 Å². The van der Waals surface area contributed by atoms with Crippen LogP contribution in [-0.2, 0) is 11.3 Å². The number of rotatable bonds is 3. The van der Waals surface area contributed by atoms with Gasteiger partial charge in [0.25, 0.3) is 0 Å². The van der Waals surface area contributed by atoms with Gasteiger partial charge < -0.3 is 9.40 Å². The van der Waals surface area contributed by atoms with Crippen LogP contribution >= 0.6 is 0 Å². The zero-order valence-corrected chi connectivity index (χ0v) is 18.1. The Hall–Kier alpha value is -2.99. The SMILES string of the molecule is Cc1cn(-c2ccc3c(C(C)C)ncc(C(=O)ON)c3c2)c2c1C(=O)CC(C)(C)C2. The Morgan fingerprint density at radius 1 is 1.23 bits per heavy atom. The van der Waals surface area contributed by atoms with Crippen molar-refractivity contribution in [2.45, 2.75) is 53.4 Å². The highest BCUT2D eigenvalue weighted by molar-refractivity contribution is 6.05. The smallest absolute Gasteiger partial charge is 0.358 e. The second-order valence-corrected chi connectivity index (χ2v) is 9.29. The Balaban J connectivity index is 1.97. The van der Waals surface area contributed by atoms with Crippen molar-refractivity contribution in [1.82, 2.24) is 9.55 Å². The van der Waals surface area contributed by atoms with Crippen LogP contribution in [0.25, 0.3) is 16.5 Å². The third kappa shape index (κ3) is 3.21. The second kappa shape index (κ2) is 7.06. The van der Waals surface area contributed by atoms with Gasteiger partial charge in [-0.25, -0.2) is 4.79 Å². The van der Waals surface area contributed by atoms with Crippen LogP contribution in [0.4, 0.5) is 0 Å². The van der Waals surface area contributed by atoms with Gasteiger partial charge in [-0.3, -0.25) is 9.78 Å². The van der Waals surface area contributed by atoms with Gasteiger partial charge in [0.1, 0.15) is 0 Å². The fraction of sp³-hybridized carbons (Fsp3) is 0.375. The molecule has 0 spiro atoms. The third-order valence-electron chi connectivity index (χ3n) is 5.91. The van der Waals surface area contributed by atoms with Crippen molar-refractivity contribution in [3.63, 3.8) is 0 Å². The standard InChI is InChI=1S/C24H27N3O3/c1-13(2)22-16-7-6-15(8-17(16)18(11-26-22)23(29)30-25)27-12-14(3)21-19(27)9-24(4,5)10-20(21)28/h6-8,11-13H,9-10,25H2,1-5H3. The van der Waals surface area contributed by atoms with E-state index in [1.54, 1.807) is 0 Å². The first-order valence-electron chi connectivity index (χ1n) is 10.2. The zero-order chi connectivity index (χ0) is 21.8. The molecule has 0 amide bonds. The molecule has 1 aliphatic rings. The number of carbonyl (C=O) groups excluding carboxylic acids is 2. The maximum Gasteiger partial charge on any atom is 0.358 e. The summed E-state index contributed by atoms with van der Waals surface area (Å²) in [7, 11) is 0. The average molecular weight is 405 g/mol. The van der Waals surface area contributed by atoms with E-state index in [1.807, 2.05) is 31.3 Å². The number of aryl methyl sites for hydroxylation is 1. The van der Waals surface area contributed by atoms with E-state index in [1.165, 1.54) is 6.20 Å². The predicted molar refractivity (Wildman–Crippen MR) is 116 cm³/mol. The van der Waals surface area contributed by atoms with Crippen LogP contribution < -0.4 is 5.90 Å². The molecule has 1 aliphatic carbocycles. The Morgan fingerprint density at radius 2 is 1.97 bits per heavy atom. The first kappa shape index (κ1) is 20.3. The van der Waals surface area contributed by atoms with Gasteiger partial charge in [-0.05, 0) is 42.4 Å². The number of hydrogen-bond acceptors (Lipinski definition) is 5. The summed E-state index contributed by atoms with van der Waals surface area (Å²) in [6.45, 7) is 10.4. The number of hydrogen-bond donors (Lipinski definition) is 1. The normalized spacial score (nSPS) is 15.5. The maximum atomic E-state index is 12.8. The number of fused-ring (bicyclic) bond motifs is 2. The van der Waals surface area contributed by atoms with Gasteiger partial charge in [-0.15, -0.1) is 0 Å². The first-order chi connectivity index (χ1) is 14.1. The number of Topliss-reactive ketones (excluding diaryl/α,β-unsaturated/α-hetero) is 1. The van der Waals surface area contributed by atoms with E-state index in [2.05, 4.69) is 42.1 Å². The molecule has 0 aliphatic heterocycles. The number of nitrogens with zero attached hydrogens (tertiary/aromatic N) is 2. The summed E-state index contributed by atoms with van der Waals surface area (Å²) in [5.74, 6) is 4.93. The summed E-state index contributed by atoms with van der Waals surface area (Å²) >= 11 is 0. The highest BCUT2D eigenvalue weighted by Crippen LogP contribution is 2.38. The number of carbonyl (C=O) groups is 2. The molecule has 30 heavy (non-hydrogen) atoms. The molecule has 6 heteroatoms. The molecule has 2 aromatic heterocycles. The molecule has 156 valence electrons. The summed E-state index contributed by atoms with van der Waals surface area (Å²) in [5.41, 5.74) is 4.86. The predicted octanol–water partition coefficient (Wildman–Crippen LogP) is 4.64. The number of benzene rings is 1. The minimum atomic E-state index is -0.623. The fourth-order valence-corrected chi connectivity index (χ4v) is 4.60. The molecular weight excluding hydrogens is 378 g/mol. The topological polar surface area (TPSA) is 87.2 Å². The molecule has 3 aromatic rings. The Labute approximate surface area is 176 Å². The first-order valence-corrected chi connectivity index (χ1v) is 10.2. The van der Waals surface area contributed by atoms with Gasteiger partial charge >= 0.3 is 5.97 Å². The number of ketones is 1. The average Bonchev–Trinajstić information content (AvgIpc) is 3.01. The van der Waals surface area contributed by atoms with Crippen LogP contribution in [0.2, 0.25) is 0 Å².